The number of aryl methyl sites for hydroxylation is 2. The quantitative estimate of drug-likeness (QED) is 0.548. The van der Waals surface area contributed by atoms with Crippen molar-refractivity contribution in [2.24, 2.45) is 7.05 Å². The molecule has 7 nitrogen and oxygen atoms in total. The molecule has 1 N–H and O–H groups in total. The average Bonchev–Trinajstić information content (AvgIpc) is 3.18. The monoisotopic (exact) mass is 399 g/mol. The van der Waals surface area contributed by atoms with Gasteiger partial charge in [0.1, 0.15) is 6.07 Å². The minimum Gasteiger partial charge on any atom is -0.363 e. The van der Waals surface area contributed by atoms with Crippen molar-refractivity contribution in [1.29, 1.82) is 5.26 Å². The molecule has 0 unspecified atom stereocenters. The van der Waals surface area contributed by atoms with Gasteiger partial charge >= 0.3 is 0 Å². The maximum Gasteiger partial charge on any atom is 0.173 e. The largest absolute Gasteiger partial charge is 0.363 e. The molecule has 0 aliphatic heterocycles. The Morgan fingerprint density at radius 2 is 1.93 bits per heavy atom. The van der Waals surface area contributed by atoms with Crippen LogP contribution in [0.25, 0.3) is 22.4 Å². The van der Waals surface area contributed by atoms with Gasteiger partial charge in [-0.1, -0.05) is 0 Å². The second-order valence-corrected chi connectivity index (χ2v) is 6.81. The predicted molar refractivity (Wildman–Crippen MR) is 111 cm³/mol. The average molecular weight is 399 g/mol. The van der Waals surface area contributed by atoms with Gasteiger partial charge in [-0.3, -0.25) is 14.6 Å². The van der Waals surface area contributed by atoms with Gasteiger partial charge in [-0.2, -0.15) is 10.4 Å². The Labute approximate surface area is 172 Å². The Morgan fingerprint density at radius 1 is 1.10 bits per heavy atom. The first-order chi connectivity index (χ1) is 14.5. The number of anilines is 1. The van der Waals surface area contributed by atoms with Crippen LogP contribution in [-0.2, 0) is 13.6 Å². The number of hydrogen-bond donors (Lipinski definition) is 1. The van der Waals surface area contributed by atoms with Gasteiger partial charge in [-0.25, -0.2) is 9.37 Å². The van der Waals surface area contributed by atoms with Crippen molar-refractivity contribution in [3.05, 3.63) is 77.9 Å². The van der Waals surface area contributed by atoms with Crippen molar-refractivity contribution < 1.29 is 4.39 Å². The van der Waals surface area contributed by atoms with Gasteiger partial charge < -0.3 is 5.32 Å². The highest BCUT2D eigenvalue weighted by atomic mass is 19.1. The van der Waals surface area contributed by atoms with Crippen molar-refractivity contribution >= 4 is 5.82 Å². The van der Waals surface area contributed by atoms with Gasteiger partial charge in [0.2, 0.25) is 0 Å². The molecule has 4 aromatic rings. The normalized spacial score (nSPS) is 10.6. The summed E-state index contributed by atoms with van der Waals surface area (Å²) < 4.78 is 16.5. The molecule has 0 fully saturated rings. The smallest absolute Gasteiger partial charge is 0.173 e. The summed E-state index contributed by atoms with van der Waals surface area (Å²) >= 11 is 0. The molecule has 0 atom stereocenters. The van der Waals surface area contributed by atoms with E-state index in [1.54, 1.807) is 54.8 Å². The van der Waals surface area contributed by atoms with Crippen LogP contribution in [0.5, 0.6) is 0 Å². The second-order valence-electron chi connectivity index (χ2n) is 6.81. The lowest BCUT2D eigenvalue weighted by molar-refractivity contribution is 0.628. The van der Waals surface area contributed by atoms with Crippen LogP contribution in [-0.4, -0.2) is 24.7 Å². The molecular weight excluding hydrogens is 381 g/mol. The topological polar surface area (TPSA) is 92.3 Å². The van der Waals surface area contributed by atoms with Crippen molar-refractivity contribution in [1.82, 2.24) is 24.7 Å². The SMILES string of the molecule is Cc1cc(-c2ncc(CNc3nccc(-c4cnn(C)c4)c3F)cc2C#N)ccn1. The third-order valence-electron chi connectivity index (χ3n) is 4.60. The number of rotatable bonds is 5. The third kappa shape index (κ3) is 3.86. The standard InChI is InChI=1S/C22H18FN7/c1-14-7-16(3-5-25-14)21-17(9-24)8-15(10-27-21)11-28-22-20(23)19(4-6-26-22)18-12-29-30(2)13-18/h3-8,10,12-13H,11H2,1-2H3,(H,26,28). The molecule has 0 saturated heterocycles. The molecular formula is C22H18FN7. The van der Waals surface area contributed by atoms with Crippen molar-refractivity contribution in [2.75, 3.05) is 5.32 Å². The molecule has 0 saturated carbocycles. The number of pyridine rings is 3. The summed E-state index contributed by atoms with van der Waals surface area (Å²) in [7, 11) is 1.78. The van der Waals surface area contributed by atoms with Crippen LogP contribution < -0.4 is 5.32 Å². The fourth-order valence-corrected chi connectivity index (χ4v) is 3.15. The summed E-state index contributed by atoms with van der Waals surface area (Å²) in [5.74, 6) is -0.327. The molecule has 8 heteroatoms. The molecule has 0 radical (unpaired) electrons. The predicted octanol–water partition coefficient (Wildman–Crippen LogP) is 3.87. The van der Waals surface area contributed by atoms with Gasteiger partial charge in [-0.05, 0) is 36.8 Å². The lowest BCUT2D eigenvalue weighted by Crippen LogP contribution is -2.05. The number of halogens is 1. The highest BCUT2D eigenvalue weighted by Crippen LogP contribution is 2.26. The van der Waals surface area contributed by atoms with E-state index >= 15 is 0 Å². The zero-order valence-electron chi connectivity index (χ0n) is 16.5. The van der Waals surface area contributed by atoms with Gasteiger partial charge in [0.25, 0.3) is 0 Å². The molecule has 0 aliphatic carbocycles. The number of nitrogens with one attached hydrogen (secondary N) is 1. The Morgan fingerprint density at radius 3 is 2.67 bits per heavy atom. The van der Waals surface area contributed by atoms with Gasteiger partial charge in [0.05, 0.1) is 17.5 Å². The van der Waals surface area contributed by atoms with Crippen molar-refractivity contribution in [2.45, 2.75) is 13.5 Å². The van der Waals surface area contributed by atoms with Crippen LogP contribution in [0, 0.1) is 24.1 Å². The molecule has 0 aromatic carbocycles. The first-order valence-corrected chi connectivity index (χ1v) is 9.24. The first-order valence-electron chi connectivity index (χ1n) is 9.24. The van der Waals surface area contributed by atoms with Crippen LogP contribution in [0.3, 0.4) is 0 Å². The van der Waals surface area contributed by atoms with E-state index < -0.39 is 5.82 Å². The molecule has 4 heterocycles. The molecule has 0 amide bonds. The van der Waals surface area contributed by atoms with E-state index in [1.165, 1.54) is 0 Å². The number of aromatic nitrogens is 5. The summed E-state index contributed by atoms with van der Waals surface area (Å²) in [5.41, 5.74) is 4.54. The highest BCUT2D eigenvalue weighted by molar-refractivity contribution is 5.67. The van der Waals surface area contributed by atoms with E-state index in [4.69, 9.17) is 0 Å². The number of hydrogen-bond acceptors (Lipinski definition) is 6. The summed E-state index contributed by atoms with van der Waals surface area (Å²) in [6, 6.07) is 9.24. The maximum absolute atomic E-state index is 14.9. The molecule has 0 spiro atoms. The van der Waals surface area contributed by atoms with Gasteiger partial charge in [0.15, 0.2) is 11.6 Å². The highest BCUT2D eigenvalue weighted by Gasteiger charge is 2.13. The van der Waals surface area contributed by atoms with E-state index in [-0.39, 0.29) is 12.4 Å². The van der Waals surface area contributed by atoms with Crippen LogP contribution in [0.4, 0.5) is 10.2 Å². The summed E-state index contributed by atoms with van der Waals surface area (Å²) in [5, 5.41) is 16.6. The minimum atomic E-state index is -0.456. The van der Waals surface area contributed by atoms with Gasteiger partial charge in [0, 0.05) is 60.8 Å². The number of nitriles is 1. The van der Waals surface area contributed by atoms with Gasteiger partial charge in [-0.15, -0.1) is 0 Å². The van der Waals surface area contributed by atoms with E-state index in [9.17, 15) is 9.65 Å². The first kappa shape index (κ1) is 19.2. The molecule has 30 heavy (non-hydrogen) atoms. The molecule has 4 aromatic heterocycles. The molecule has 4 rings (SSSR count). The zero-order valence-corrected chi connectivity index (χ0v) is 16.5. The summed E-state index contributed by atoms with van der Waals surface area (Å²) in [6.07, 6.45) is 8.24. The van der Waals surface area contributed by atoms with E-state index in [1.807, 2.05) is 19.1 Å². The van der Waals surface area contributed by atoms with Crippen LogP contribution >= 0.6 is 0 Å². The Balaban J connectivity index is 1.57. The maximum atomic E-state index is 14.9. The zero-order chi connectivity index (χ0) is 21.1. The van der Waals surface area contributed by atoms with Crippen LogP contribution in [0.2, 0.25) is 0 Å². The lowest BCUT2D eigenvalue weighted by atomic mass is 10.1. The van der Waals surface area contributed by atoms with Crippen LogP contribution in [0.1, 0.15) is 16.8 Å². The van der Waals surface area contributed by atoms with E-state index in [0.717, 1.165) is 16.8 Å². The fraction of sp³-hybridized carbons (Fsp3) is 0.136. The summed E-state index contributed by atoms with van der Waals surface area (Å²) in [4.78, 5) is 12.7. The van der Waals surface area contributed by atoms with Crippen molar-refractivity contribution in [3.8, 4) is 28.5 Å². The van der Waals surface area contributed by atoms with Crippen LogP contribution in [0.15, 0.2) is 55.2 Å². The molecule has 148 valence electrons. The Kier molecular flexibility index (Phi) is 5.18. The number of nitrogens with zero attached hydrogens (tertiary/aromatic N) is 6. The molecule has 0 bridgehead atoms. The fourth-order valence-electron chi connectivity index (χ4n) is 3.15. The second kappa shape index (κ2) is 8.09. The van der Waals surface area contributed by atoms with E-state index in [0.29, 0.717) is 22.4 Å². The minimum absolute atomic E-state index is 0.128. The van der Waals surface area contributed by atoms with E-state index in [2.05, 4.69) is 31.4 Å². The summed E-state index contributed by atoms with van der Waals surface area (Å²) in [6.45, 7) is 2.16. The van der Waals surface area contributed by atoms with Crippen molar-refractivity contribution in [3.63, 3.8) is 0 Å². The Bertz CT molecular complexity index is 1260. The Hall–Kier alpha value is -4.12. The third-order valence-corrected chi connectivity index (χ3v) is 4.60. The molecule has 0 aliphatic rings. The lowest BCUT2D eigenvalue weighted by Gasteiger charge is -2.10.